The van der Waals surface area contributed by atoms with Crippen LogP contribution in [0.2, 0.25) is 0 Å². The standard InChI is InChI=1S/C8H17NO2/c1-2-7(3-4-10)9-8-5-11-6-8/h7-10H,2-6H2,1H3. The van der Waals surface area contributed by atoms with Crippen LogP contribution in [0.1, 0.15) is 19.8 Å². The van der Waals surface area contributed by atoms with Gasteiger partial charge in [-0.3, -0.25) is 0 Å². The predicted molar refractivity (Wildman–Crippen MR) is 43.5 cm³/mol. The fourth-order valence-corrected chi connectivity index (χ4v) is 1.23. The van der Waals surface area contributed by atoms with E-state index in [9.17, 15) is 0 Å². The van der Waals surface area contributed by atoms with Gasteiger partial charge in [0.1, 0.15) is 0 Å². The Hall–Kier alpha value is -0.120. The molecule has 1 atom stereocenters. The van der Waals surface area contributed by atoms with Crippen LogP contribution in [0.4, 0.5) is 0 Å². The maximum atomic E-state index is 8.70. The van der Waals surface area contributed by atoms with Crippen molar-refractivity contribution < 1.29 is 9.84 Å². The Morgan fingerprint density at radius 2 is 2.36 bits per heavy atom. The summed E-state index contributed by atoms with van der Waals surface area (Å²) in [6, 6.07) is 1.00. The van der Waals surface area contributed by atoms with Gasteiger partial charge < -0.3 is 15.2 Å². The van der Waals surface area contributed by atoms with Crippen molar-refractivity contribution in [3.63, 3.8) is 0 Å². The van der Waals surface area contributed by atoms with Gasteiger partial charge in [0, 0.05) is 12.6 Å². The molecule has 0 aliphatic carbocycles. The zero-order valence-electron chi connectivity index (χ0n) is 7.05. The first-order chi connectivity index (χ1) is 5.36. The average Bonchev–Trinajstić information content (AvgIpc) is 1.94. The van der Waals surface area contributed by atoms with Crippen LogP contribution in [0.3, 0.4) is 0 Å². The van der Waals surface area contributed by atoms with Crippen LogP contribution in [0.5, 0.6) is 0 Å². The van der Waals surface area contributed by atoms with Crippen molar-refractivity contribution in [3.8, 4) is 0 Å². The number of rotatable bonds is 5. The van der Waals surface area contributed by atoms with Crippen LogP contribution in [0, 0.1) is 0 Å². The average molecular weight is 159 g/mol. The number of nitrogens with one attached hydrogen (secondary N) is 1. The van der Waals surface area contributed by atoms with Crippen LogP contribution in [-0.4, -0.2) is 37.0 Å². The van der Waals surface area contributed by atoms with E-state index in [1.807, 2.05) is 0 Å². The highest BCUT2D eigenvalue weighted by molar-refractivity contribution is 4.77. The molecule has 0 aromatic rings. The maximum Gasteiger partial charge on any atom is 0.0643 e. The molecular weight excluding hydrogens is 142 g/mol. The molecule has 1 rings (SSSR count). The summed E-state index contributed by atoms with van der Waals surface area (Å²) in [7, 11) is 0. The summed E-state index contributed by atoms with van der Waals surface area (Å²) in [5.74, 6) is 0. The molecule has 1 saturated heterocycles. The van der Waals surface area contributed by atoms with Crippen molar-refractivity contribution in [1.82, 2.24) is 5.32 Å². The van der Waals surface area contributed by atoms with Gasteiger partial charge in [-0.1, -0.05) is 6.92 Å². The summed E-state index contributed by atoms with van der Waals surface area (Å²) >= 11 is 0. The molecule has 2 N–H and O–H groups in total. The van der Waals surface area contributed by atoms with E-state index in [1.165, 1.54) is 0 Å². The summed E-state index contributed by atoms with van der Waals surface area (Å²) in [5, 5.41) is 12.1. The van der Waals surface area contributed by atoms with Gasteiger partial charge in [0.25, 0.3) is 0 Å². The van der Waals surface area contributed by atoms with Crippen molar-refractivity contribution in [2.24, 2.45) is 0 Å². The number of aliphatic hydroxyl groups excluding tert-OH is 1. The molecule has 1 unspecified atom stereocenters. The van der Waals surface area contributed by atoms with Gasteiger partial charge in [0.05, 0.1) is 19.3 Å². The molecule has 0 amide bonds. The number of aliphatic hydroxyl groups is 1. The van der Waals surface area contributed by atoms with Gasteiger partial charge in [-0.15, -0.1) is 0 Å². The van der Waals surface area contributed by atoms with Gasteiger partial charge in [-0.05, 0) is 12.8 Å². The SMILES string of the molecule is CCC(CCO)NC1COC1. The highest BCUT2D eigenvalue weighted by Gasteiger charge is 2.20. The van der Waals surface area contributed by atoms with Gasteiger partial charge in [0.2, 0.25) is 0 Å². The topological polar surface area (TPSA) is 41.5 Å². The predicted octanol–water partition coefficient (Wildman–Crippen LogP) is 0.136. The molecular formula is C8H17NO2. The zero-order valence-corrected chi connectivity index (χ0v) is 7.05. The summed E-state index contributed by atoms with van der Waals surface area (Å²) in [6.07, 6.45) is 1.93. The lowest BCUT2D eigenvalue weighted by molar-refractivity contribution is -0.0113. The first-order valence-electron chi connectivity index (χ1n) is 4.31. The minimum Gasteiger partial charge on any atom is -0.396 e. The fourth-order valence-electron chi connectivity index (χ4n) is 1.23. The first-order valence-corrected chi connectivity index (χ1v) is 4.31. The third kappa shape index (κ3) is 2.77. The van der Waals surface area contributed by atoms with E-state index in [0.29, 0.717) is 12.1 Å². The Labute approximate surface area is 67.7 Å². The van der Waals surface area contributed by atoms with Gasteiger partial charge in [-0.2, -0.15) is 0 Å². The fraction of sp³-hybridized carbons (Fsp3) is 1.00. The number of hydrogen-bond donors (Lipinski definition) is 2. The second kappa shape index (κ2) is 4.70. The Morgan fingerprint density at radius 1 is 1.64 bits per heavy atom. The van der Waals surface area contributed by atoms with Crippen LogP contribution in [0.15, 0.2) is 0 Å². The van der Waals surface area contributed by atoms with Crippen molar-refractivity contribution in [3.05, 3.63) is 0 Å². The van der Waals surface area contributed by atoms with Gasteiger partial charge >= 0.3 is 0 Å². The zero-order chi connectivity index (χ0) is 8.10. The van der Waals surface area contributed by atoms with Crippen molar-refractivity contribution >= 4 is 0 Å². The second-order valence-corrected chi connectivity index (χ2v) is 3.02. The van der Waals surface area contributed by atoms with Crippen LogP contribution >= 0.6 is 0 Å². The molecule has 66 valence electrons. The van der Waals surface area contributed by atoms with Crippen LogP contribution < -0.4 is 5.32 Å². The highest BCUT2D eigenvalue weighted by Crippen LogP contribution is 2.04. The Morgan fingerprint density at radius 3 is 2.73 bits per heavy atom. The van der Waals surface area contributed by atoms with E-state index in [-0.39, 0.29) is 6.61 Å². The quantitative estimate of drug-likeness (QED) is 0.599. The lowest BCUT2D eigenvalue weighted by atomic mass is 10.1. The second-order valence-electron chi connectivity index (χ2n) is 3.02. The van der Waals surface area contributed by atoms with E-state index in [4.69, 9.17) is 9.84 Å². The Bertz CT molecular complexity index is 104. The molecule has 1 fully saturated rings. The lowest BCUT2D eigenvalue weighted by Crippen LogP contribution is -2.50. The third-order valence-corrected chi connectivity index (χ3v) is 2.08. The highest BCUT2D eigenvalue weighted by atomic mass is 16.5. The Kier molecular flexibility index (Phi) is 3.83. The third-order valence-electron chi connectivity index (χ3n) is 2.08. The molecule has 0 bridgehead atoms. The van der Waals surface area contributed by atoms with E-state index in [0.717, 1.165) is 26.1 Å². The lowest BCUT2D eigenvalue weighted by Gasteiger charge is -2.31. The maximum absolute atomic E-state index is 8.70. The van der Waals surface area contributed by atoms with Crippen LogP contribution in [0.25, 0.3) is 0 Å². The van der Waals surface area contributed by atoms with Crippen molar-refractivity contribution in [2.45, 2.75) is 31.8 Å². The molecule has 0 aromatic heterocycles. The van der Waals surface area contributed by atoms with E-state index >= 15 is 0 Å². The first kappa shape index (κ1) is 8.97. The number of hydrogen-bond acceptors (Lipinski definition) is 3. The molecule has 1 aliphatic rings. The van der Waals surface area contributed by atoms with Crippen LogP contribution in [-0.2, 0) is 4.74 Å². The molecule has 0 radical (unpaired) electrons. The van der Waals surface area contributed by atoms with Gasteiger partial charge in [-0.25, -0.2) is 0 Å². The van der Waals surface area contributed by atoms with E-state index in [2.05, 4.69) is 12.2 Å². The minimum absolute atomic E-state index is 0.277. The largest absolute Gasteiger partial charge is 0.396 e. The van der Waals surface area contributed by atoms with Crippen molar-refractivity contribution in [2.75, 3.05) is 19.8 Å². The molecule has 0 spiro atoms. The molecule has 1 aliphatic heterocycles. The normalized spacial score (nSPS) is 21.3. The van der Waals surface area contributed by atoms with Gasteiger partial charge in [0.15, 0.2) is 0 Å². The van der Waals surface area contributed by atoms with E-state index < -0.39 is 0 Å². The minimum atomic E-state index is 0.277. The van der Waals surface area contributed by atoms with E-state index in [1.54, 1.807) is 0 Å². The monoisotopic (exact) mass is 159 g/mol. The smallest absolute Gasteiger partial charge is 0.0643 e. The molecule has 3 nitrogen and oxygen atoms in total. The number of ether oxygens (including phenoxy) is 1. The molecule has 11 heavy (non-hydrogen) atoms. The summed E-state index contributed by atoms with van der Waals surface area (Å²) in [6.45, 7) is 4.08. The molecule has 0 aromatic carbocycles. The Balaban J connectivity index is 2.08. The molecule has 0 saturated carbocycles. The summed E-state index contributed by atoms with van der Waals surface area (Å²) in [5.41, 5.74) is 0. The van der Waals surface area contributed by atoms with Crippen molar-refractivity contribution in [1.29, 1.82) is 0 Å². The molecule has 1 heterocycles. The summed E-state index contributed by atoms with van der Waals surface area (Å²) in [4.78, 5) is 0. The summed E-state index contributed by atoms with van der Waals surface area (Å²) < 4.78 is 5.03. The molecule has 3 heteroatoms.